The topological polar surface area (TPSA) is 107 Å². The van der Waals surface area contributed by atoms with Gasteiger partial charge in [-0.05, 0) is 6.42 Å². The molecule has 2 heterocycles. The van der Waals surface area contributed by atoms with E-state index in [0.29, 0.717) is 23.8 Å². The lowest BCUT2D eigenvalue weighted by atomic mass is 10.2. The summed E-state index contributed by atoms with van der Waals surface area (Å²) in [4.78, 5) is 15.3. The third-order valence-corrected chi connectivity index (χ3v) is 2.81. The Morgan fingerprint density at radius 2 is 2.20 bits per heavy atom. The Hall–Kier alpha value is -2.25. The van der Waals surface area contributed by atoms with Crippen LogP contribution in [0.3, 0.4) is 0 Å². The number of aromatic nitrogens is 5. The maximum absolute atomic E-state index is 11.1. The van der Waals surface area contributed by atoms with Crippen molar-refractivity contribution in [2.75, 3.05) is 0 Å². The molecule has 108 valence electrons. The minimum Gasteiger partial charge on any atom is -0.476 e. The van der Waals surface area contributed by atoms with Crippen LogP contribution >= 0.6 is 0 Å². The van der Waals surface area contributed by atoms with Crippen LogP contribution in [0.25, 0.3) is 0 Å². The Bertz CT molecular complexity index is 602. The Morgan fingerprint density at radius 3 is 2.75 bits per heavy atom. The molecule has 0 spiro atoms. The first-order valence-electron chi connectivity index (χ1n) is 6.51. The van der Waals surface area contributed by atoms with E-state index >= 15 is 0 Å². The highest BCUT2D eigenvalue weighted by Crippen LogP contribution is 2.13. The van der Waals surface area contributed by atoms with Crippen LogP contribution in [0.15, 0.2) is 4.52 Å². The van der Waals surface area contributed by atoms with E-state index in [4.69, 9.17) is 9.63 Å². The zero-order valence-electron chi connectivity index (χ0n) is 11.7. The molecular weight excluding hydrogens is 262 g/mol. The average Bonchev–Trinajstić information content (AvgIpc) is 2.98. The van der Waals surface area contributed by atoms with Gasteiger partial charge in [0, 0.05) is 5.92 Å². The molecule has 2 rings (SSSR count). The summed E-state index contributed by atoms with van der Waals surface area (Å²) in [6.07, 6.45) is 1.38. The van der Waals surface area contributed by atoms with Gasteiger partial charge in [-0.3, -0.25) is 0 Å². The zero-order valence-corrected chi connectivity index (χ0v) is 11.7. The molecule has 0 saturated carbocycles. The van der Waals surface area contributed by atoms with Crippen LogP contribution in [0.4, 0.5) is 0 Å². The minimum atomic E-state index is -1.08. The van der Waals surface area contributed by atoms with E-state index in [1.54, 1.807) is 0 Å². The van der Waals surface area contributed by atoms with Crippen molar-refractivity contribution in [1.29, 1.82) is 0 Å². The van der Waals surface area contributed by atoms with Crippen molar-refractivity contribution in [3.05, 3.63) is 23.1 Å². The number of carboxylic acids is 1. The zero-order chi connectivity index (χ0) is 14.7. The quantitative estimate of drug-likeness (QED) is 0.853. The first-order valence-corrected chi connectivity index (χ1v) is 6.51. The fourth-order valence-electron chi connectivity index (χ4n) is 1.81. The summed E-state index contributed by atoms with van der Waals surface area (Å²) in [5.74, 6) is 0.115. The van der Waals surface area contributed by atoms with Crippen LogP contribution in [0.2, 0.25) is 0 Å². The third kappa shape index (κ3) is 2.84. The molecule has 0 aliphatic heterocycles. The molecule has 0 amide bonds. The van der Waals surface area contributed by atoms with Crippen molar-refractivity contribution in [3.63, 3.8) is 0 Å². The first kappa shape index (κ1) is 14.2. The van der Waals surface area contributed by atoms with E-state index in [1.165, 1.54) is 4.68 Å². The predicted octanol–water partition coefficient (Wildman–Crippen LogP) is 1.48. The van der Waals surface area contributed by atoms with Crippen molar-refractivity contribution < 1.29 is 14.4 Å². The van der Waals surface area contributed by atoms with Crippen LogP contribution in [-0.4, -0.2) is 36.2 Å². The number of hydrogen-bond donors (Lipinski definition) is 1. The molecule has 2 aromatic rings. The van der Waals surface area contributed by atoms with Gasteiger partial charge in [0.25, 0.3) is 0 Å². The van der Waals surface area contributed by atoms with E-state index in [-0.39, 0.29) is 18.2 Å². The Morgan fingerprint density at radius 1 is 1.45 bits per heavy atom. The summed E-state index contributed by atoms with van der Waals surface area (Å²) in [6.45, 7) is 6.13. The van der Waals surface area contributed by atoms with E-state index in [0.717, 1.165) is 6.42 Å². The van der Waals surface area contributed by atoms with Crippen molar-refractivity contribution in [1.82, 2.24) is 25.1 Å². The molecule has 0 fully saturated rings. The summed E-state index contributed by atoms with van der Waals surface area (Å²) in [5.41, 5.74) is 0.555. The number of nitrogens with zero attached hydrogens (tertiary/aromatic N) is 5. The fraction of sp³-hybridized carbons (Fsp3) is 0.583. The van der Waals surface area contributed by atoms with Crippen molar-refractivity contribution in [2.45, 2.75) is 46.1 Å². The van der Waals surface area contributed by atoms with Gasteiger partial charge in [0.2, 0.25) is 5.89 Å². The van der Waals surface area contributed by atoms with Gasteiger partial charge < -0.3 is 9.63 Å². The highest BCUT2D eigenvalue weighted by molar-refractivity contribution is 5.86. The SMILES string of the molecule is CCCc1c(C(=O)O)nnn1Cc1nc(C(C)C)no1. The number of aromatic carboxylic acids is 1. The van der Waals surface area contributed by atoms with E-state index in [1.807, 2.05) is 20.8 Å². The van der Waals surface area contributed by atoms with Gasteiger partial charge >= 0.3 is 5.97 Å². The number of carbonyl (C=O) groups is 1. The van der Waals surface area contributed by atoms with Crippen LogP contribution in [0.1, 0.15) is 61.0 Å². The standard InChI is InChI=1S/C12H17N5O3/c1-4-5-8-10(12(18)19)14-16-17(8)6-9-13-11(7(2)3)15-20-9/h7H,4-6H2,1-3H3,(H,18,19). The molecule has 8 heteroatoms. The van der Waals surface area contributed by atoms with Gasteiger partial charge in [-0.2, -0.15) is 4.98 Å². The second-order valence-corrected chi connectivity index (χ2v) is 4.80. The smallest absolute Gasteiger partial charge is 0.358 e. The lowest BCUT2D eigenvalue weighted by Gasteiger charge is -2.02. The van der Waals surface area contributed by atoms with Crippen molar-refractivity contribution in [2.24, 2.45) is 0 Å². The predicted molar refractivity (Wildman–Crippen MR) is 68.5 cm³/mol. The first-order chi connectivity index (χ1) is 9.52. The van der Waals surface area contributed by atoms with Crippen LogP contribution in [0, 0.1) is 0 Å². The molecule has 1 N–H and O–H groups in total. The van der Waals surface area contributed by atoms with Crippen LogP contribution in [0.5, 0.6) is 0 Å². The van der Waals surface area contributed by atoms with Crippen LogP contribution in [-0.2, 0) is 13.0 Å². The number of rotatable bonds is 6. The Kier molecular flexibility index (Phi) is 4.11. The van der Waals surface area contributed by atoms with Gasteiger partial charge in [0.1, 0.15) is 6.54 Å². The van der Waals surface area contributed by atoms with Crippen molar-refractivity contribution >= 4 is 5.97 Å². The molecule has 2 aromatic heterocycles. The maximum atomic E-state index is 11.1. The van der Waals surface area contributed by atoms with Crippen LogP contribution < -0.4 is 0 Å². The molecule has 0 saturated heterocycles. The molecule has 0 radical (unpaired) electrons. The van der Waals surface area contributed by atoms with E-state index in [9.17, 15) is 4.79 Å². The lowest BCUT2D eigenvalue weighted by molar-refractivity contribution is 0.0689. The Labute approximate surface area is 115 Å². The second-order valence-electron chi connectivity index (χ2n) is 4.80. The Balaban J connectivity index is 2.25. The minimum absolute atomic E-state index is 0.0181. The van der Waals surface area contributed by atoms with E-state index < -0.39 is 5.97 Å². The molecule has 0 aromatic carbocycles. The summed E-state index contributed by atoms with van der Waals surface area (Å²) < 4.78 is 6.64. The summed E-state index contributed by atoms with van der Waals surface area (Å²) >= 11 is 0. The summed E-state index contributed by atoms with van der Waals surface area (Å²) in [5, 5.41) is 20.5. The molecule has 0 bridgehead atoms. The highest BCUT2D eigenvalue weighted by atomic mass is 16.5. The molecule has 8 nitrogen and oxygen atoms in total. The molecular formula is C12H17N5O3. The third-order valence-electron chi connectivity index (χ3n) is 2.81. The normalized spacial score (nSPS) is 11.2. The largest absolute Gasteiger partial charge is 0.476 e. The summed E-state index contributed by atoms with van der Waals surface area (Å²) in [7, 11) is 0. The van der Waals surface area contributed by atoms with Gasteiger partial charge in [-0.1, -0.05) is 37.6 Å². The molecule has 0 unspecified atom stereocenters. The highest BCUT2D eigenvalue weighted by Gasteiger charge is 2.20. The lowest BCUT2D eigenvalue weighted by Crippen LogP contribution is -2.09. The van der Waals surface area contributed by atoms with Gasteiger partial charge in [0.15, 0.2) is 11.5 Å². The molecule has 0 aliphatic carbocycles. The fourth-order valence-corrected chi connectivity index (χ4v) is 1.81. The number of carboxylic acid groups (broad SMARTS) is 1. The van der Waals surface area contributed by atoms with Gasteiger partial charge in [0.05, 0.1) is 5.69 Å². The number of hydrogen-bond acceptors (Lipinski definition) is 6. The molecule has 0 aliphatic rings. The monoisotopic (exact) mass is 279 g/mol. The second kappa shape index (κ2) is 5.81. The van der Waals surface area contributed by atoms with Gasteiger partial charge in [-0.25, -0.2) is 9.48 Å². The van der Waals surface area contributed by atoms with E-state index in [2.05, 4.69) is 20.5 Å². The maximum Gasteiger partial charge on any atom is 0.358 e. The summed E-state index contributed by atoms with van der Waals surface area (Å²) in [6, 6.07) is 0. The van der Waals surface area contributed by atoms with Gasteiger partial charge in [-0.15, -0.1) is 5.10 Å². The molecule has 20 heavy (non-hydrogen) atoms. The average molecular weight is 279 g/mol. The molecule has 0 atom stereocenters. The van der Waals surface area contributed by atoms with Crippen molar-refractivity contribution in [3.8, 4) is 0 Å².